The van der Waals surface area contributed by atoms with Crippen LogP contribution in [0, 0.1) is 11.6 Å². The lowest BCUT2D eigenvalue weighted by atomic mass is 10.1. The molecule has 1 saturated heterocycles. The number of carbonyl (C=O) groups is 2. The summed E-state index contributed by atoms with van der Waals surface area (Å²) in [7, 11) is 1.00. The summed E-state index contributed by atoms with van der Waals surface area (Å²) >= 11 is 0. The molecular weight excluding hydrogens is 570 g/mol. The lowest BCUT2D eigenvalue weighted by Crippen LogP contribution is -2.44. The molecule has 2 aliphatic rings. The summed E-state index contributed by atoms with van der Waals surface area (Å²) in [6.45, 7) is 3.24. The summed E-state index contributed by atoms with van der Waals surface area (Å²) in [5, 5.41) is 12.6. The Hall–Kier alpha value is -4.08. The van der Waals surface area contributed by atoms with Gasteiger partial charge in [0.2, 0.25) is 10.0 Å². The number of urea groups is 1. The van der Waals surface area contributed by atoms with Gasteiger partial charge in [-0.1, -0.05) is 0 Å². The van der Waals surface area contributed by atoms with E-state index in [0.717, 1.165) is 48.3 Å². The van der Waals surface area contributed by atoms with E-state index in [4.69, 9.17) is 0 Å². The van der Waals surface area contributed by atoms with E-state index in [-0.39, 0.29) is 30.9 Å². The first-order chi connectivity index (χ1) is 19.9. The van der Waals surface area contributed by atoms with Crippen molar-refractivity contribution in [3.05, 3.63) is 64.9 Å². The molecule has 0 atom stereocenters. The molecule has 224 valence electrons. The second-order valence-corrected chi connectivity index (χ2v) is 12.5. The van der Waals surface area contributed by atoms with Crippen LogP contribution in [-0.4, -0.2) is 98.5 Å². The number of rotatable bonds is 6. The quantitative estimate of drug-likeness (QED) is 0.395. The number of amides is 3. The smallest absolute Gasteiger partial charge is 0.321 e. The highest BCUT2D eigenvalue weighted by atomic mass is 32.2. The number of nitrogens with one attached hydrogen (secondary N) is 3. The maximum absolute atomic E-state index is 13.8. The van der Waals surface area contributed by atoms with E-state index >= 15 is 0 Å². The number of likely N-dealkylation sites (N-methyl/N-ethyl adjacent to an activating group) is 1. The van der Waals surface area contributed by atoms with Crippen LogP contribution in [0.2, 0.25) is 0 Å². The van der Waals surface area contributed by atoms with Gasteiger partial charge >= 0.3 is 6.03 Å². The van der Waals surface area contributed by atoms with E-state index in [2.05, 4.69) is 37.7 Å². The molecule has 12 nitrogen and oxygen atoms in total. The third-order valence-electron chi connectivity index (χ3n) is 7.37. The molecule has 2 aromatic carbocycles. The number of anilines is 3. The van der Waals surface area contributed by atoms with Gasteiger partial charge in [0.25, 0.3) is 5.91 Å². The summed E-state index contributed by atoms with van der Waals surface area (Å²) < 4.78 is 55.0. The number of nitrogens with zero attached hydrogens (tertiary/aromatic N) is 5. The highest BCUT2D eigenvalue weighted by molar-refractivity contribution is 7.89. The second kappa shape index (κ2) is 11.7. The van der Waals surface area contributed by atoms with Crippen LogP contribution in [0.25, 0.3) is 0 Å². The summed E-state index contributed by atoms with van der Waals surface area (Å²) in [5.74, 6) is -2.44. The first-order valence-electron chi connectivity index (χ1n) is 13.3. The fraction of sp³-hybridized carbons (Fsp3) is 0.370. The van der Waals surface area contributed by atoms with Gasteiger partial charge in [-0.3, -0.25) is 9.89 Å². The van der Waals surface area contributed by atoms with E-state index in [1.54, 1.807) is 26.2 Å². The summed E-state index contributed by atoms with van der Waals surface area (Å²) in [6.07, 6.45) is 0.249. The number of benzene rings is 2. The number of fused-ring (bicyclic) bond motifs is 1. The van der Waals surface area contributed by atoms with Crippen molar-refractivity contribution in [3.63, 3.8) is 0 Å². The molecule has 0 spiro atoms. The van der Waals surface area contributed by atoms with Crippen molar-refractivity contribution >= 4 is 39.2 Å². The lowest BCUT2D eigenvalue weighted by Gasteiger charge is -2.34. The van der Waals surface area contributed by atoms with Crippen LogP contribution in [0.15, 0.2) is 41.3 Å². The molecule has 42 heavy (non-hydrogen) atoms. The maximum atomic E-state index is 13.8. The molecule has 3 amide bonds. The third-order valence-corrected chi connectivity index (χ3v) is 9.19. The molecule has 0 unspecified atom stereocenters. The number of aromatic nitrogens is 2. The lowest BCUT2D eigenvalue weighted by molar-refractivity contribution is 0.102. The van der Waals surface area contributed by atoms with Crippen LogP contribution in [0.3, 0.4) is 0 Å². The van der Waals surface area contributed by atoms with Crippen molar-refractivity contribution in [2.45, 2.75) is 17.9 Å². The predicted octanol–water partition coefficient (Wildman–Crippen LogP) is 2.53. The standard InChI is InChI=1S/C27H32F2N8O4S/c1-34(2)27(39)30-24-15-19(36-10-8-35(3)9-11-36)4-5-21(24)26(38)31-25-22-16-37(7-6-23(22)32-33-25)42(40,41)20-13-17(28)12-18(29)14-20/h4-5,12-15H,6-11,16H2,1-3H3,(H,30,39)(H2,31,32,33,38). The van der Waals surface area contributed by atoms with Crippen LogP contribution >= 0.6 is 0 Å². The largest absolute Gasteiger partial charge is 0.369 e. The molecule has 0 bridgehead atoms. The summed E-state index contributed by atoms with van der Waals surface area (Å²) in [6, 6.07) is 6.92. The van der Waals surface area contributed by atoms with Gasteiger partial charge in [0.15, 0.2) is 5.82 Å². The van der Waals surface area contributed by atoms with Crippen molar-refractivity contribution in [1.82, 2.24) is 24.3 Å². The third kappa shape index (κ3) is 6.07. The molecule has 0 aliphatic carbocycles. The number of H-pyrrole nitrogens is 1. The van der Waals surface area contributed by atoms with Crippen molar-refractivity contribution in [2.24, 2.45) is 0 Å². The van der Waals surface area contributed by atoms with Gasteiger partial charge in [-0.25, -0.2) is 22.0 Å². The zero-order valence-electron chi connectivity index (χ0n) is 23.4. The molecule has 3 heterocycles. The first kappa shape index (κ1) is 29.4. The van der Waals surface area contributed by atoms with Crippen LogP contribution < -0.4 is 15.5 Å². The Kier molecular flexibility index (Phi) is 8.17. The topological polar surface area (TPSA) is 134 Å². The van der Waals surface area contributed by atoms with Gasteiger partial charge in [0, 0.05) is 82.8 Å². The first-order valence-corrected chi connectivity index (χ1v) is 14.8. The molecule has 3 N–H and O–H groups in total. The fourth-order valence-electron chi connectivity index (χ4n) is 4.90. The Morgan fingerprint density at radius 3 is 2.33 bits per heavy atom. The Morgan fingerprint density at radius 2 is 1.67 bits per heavy atom. The molecule has 3 aromatic rings. The number of piperazine rings is 1. The van der Waals surface area contributed by atoms with E-state index in [1.165, 1.54) is 4.90 Å². The van der Waals surface area contributed by atoms with E-state index in [0.29, 0.717) is 23.0 Å². The zero-order chi connectivity index (χ0) is 30.2. The highest BCUT2D eigenvalue weighted by Crippen LogP contribution is 2.30. The SMILES string of the molecule is CN1CCN(c2ccc(C(=O)Nc3n[nH]c4c3CN(S(=O)(=O)c3cc(F)cc(F)c3)CC4)c(NC(=O)N(C)C)c2)CC1. The number of halogens is 2. The number of aromatic amines is 1. The van der Waals surface area contributed by atoms with Gasteiger partial charge < -0.3 is 25.3 Å². The van der Waals surface area contributed by atoms with Gasteiger partial charge in [-0.15, -0.1) is 0 Å². The van der Waals surface area contributed by atoms with Crippen LogP contribution in [0.4, 0.5) is 30.8 Å². The van der Waals surface area contributed by atoms with E-state index < -0.39 is 38.5 Å². The molecule has 0 saturated carbocycles. The van der Waals surface area contributed by atoms with Crippen LogP contribution in [0.5, 0.6) is 0 Å². The Labute approximate surface area is 242 Å². The minimum atomic E-state index is -4.23. The van der Waals surface area contributed by atoms with Crippen molar-refractivity contribution in [1.29, 1.82) is 0 Å². The minimum Gasteiger partial charge on any atom is -0.369 e. The Balaban J connectivity index is 1.39. The molecule has 1 fully saturated rings. The minimum absolute atomic E-state index is 0.0531. The van der Waals surface area contributed by atoms with E-state index in [1.807, 2.05) is 6.07 Å². The van der Waals surface area contributed by atoms with Crippen molar-refractivity contribution < 1.29 is 26.8 Å². The van der Waals surface area contributed by atoms with Crippen LogP contribution in [0.1, 0.15) is 21.6 Å². The number of carbonyl (C=O) groups excluding carboxylic acids is 2. The Morgan fingerprint density at radius 1 is 0.976 bits per heavy atom. The normalized spacial score (nSPS) is 16.2. The van der Waals surface area contributed by atoms with Gasteiger partial charge in [0.1, 0.15) is 11.6 Å². The van der Waals surface area contributed by atoms with Gasteiger partial charge in [0.05, 0.1) is 16.1 Å². The number of sulfonamides is 1. The second-order valence-electron chi connectivity index (χ2n) is 10.5. The van der Waals surface area contributed by atoms with Gasteiger partial charge in [-0.05, 0) is 37.4 Å². The number of hydrogen-bond acceptors (Lipinski definition) is 7. The number of hydrogen-bond donors (Lipinski definition) is 3. The van der Waals surface area contributed by atoms with E-state index in [9.17, 15) is 26.8 Å². The Bertz CT molecular complexity index is 1600. The fourth-order valence-corrected chi connectivity index (χ4v) is 6.35. The molecule has 2 aliphatic heterocycles. The molecule has 0 radical (unpaired) electrons. The summed E-state index contributed by atoms with van der Waals surface area (Å²) in [5.41, 5.74) is 2.43. The highest BCUT2D eigenvalue weighted by Gasteiger charge is 2.32. The molecule has 1 aromatic heterocycles. The average Bonchev–Trinajstić information content (AvgIpc) is 3.34. The van der Waals surface area contributed by atoms with Crippen LogP contribution in [-0.2, 0) is 23.0 Å². The van der Waals surface area contributed by atoms with Crippen molar-refractivity contribution in [2.75, 3.05) is 69.4 Å². The predicted molar refractivity (Wildman–Crippen MR) is 153 cm³/mol. The zero-order valence-corrected chi connectivity index (χ0v) is 24.3. The maximum Gasteiger partial charge on any atom is 0.321 e. The average molecular weight is 603 g/mol. The molecular formula is C27H32F2N8O4S. The van der Waals surface area contributed by atoms with Gasteiger partial charge in [-0.2, -0.15) is 9.40 Å². The summed E-state index contributed by atoms with van der Waals surface area (Å²) in [4.78, 5) is 31.3. The molecule has 15 heteroatoms. The monoisotopic (exact) mass is 602 g/mol. The van der Waals surface area contributed by atoms with Crippen molar-refractivity contribution in [3.8, 4) is 0 Å². The molecule has 5 rings (SSSR count).